The van der Waals surface area contributed by atoms with Gasteiger partial charge in [0.1, 0.15) is 24.3 Å². The molecule has 2 aromatic rings. The molecule has 2 aromatic heterocycles. The maximum Gasteiger partial charge on any atom is 0.280 e. The molecule has 4 rings (SSSR count). The lowest BCUT2D eigenvalue weighted by atomic mass is 10.1. The van der Waals surface area contributed by atoms with Crippen LogP contribution in [0.3, 0.4) is 0 Å². The van der Waals surface area contributed by atoms with E-state index in [0.29, 0.717) is 17.9 Å². The molecule has 1 fully saturated rings. The molecule has 0 unspecified atom stereocenters. The van der Waals surface area contributed by atoms with Crippen molar-refractivity contribution in [3.05, 3.63) is 16.2 Å². The molecule has 0 saturated carbocycles. The number of hydrogen-bond acceptors (Lipinski definition) is 7. The van der Waals surface area contributed by atoms with Gasteiger partial charge in [0.15, 0.2) is 19.5 Å². The quantitative estimate of drug-likeness (QED) is 0.451. The molecule has 27 heavy (non-hydrogen) atoms. The molecule has 2 N–H and O–H groups in total. The van der Waals surface area contributed by atoms with Crippen LogP contribution in [0.5, 0.6) is 0 Å². The van der Waals surface area contributed by atoms with Gasteiger partial charge < -0.3 is 19.2 Å². The normalized spacial score (nSPS) is 27.5. The smallest absolute Gasteiger partial charge is 0.280 e. The van der Waals surface area contributed by atoms with E-state index in [1.165, 1.54) is 0 Å². The minimum absolute atomic E-state index is 0.173. The largest absolute Gasteiger partial charge is 0.412 e. The molecular formula is C16H24N6O4Si. The zero-order valence-electron chi connectivity index (χ0n) is 16.0. The number of aliphatic hydroxyl groups is 1. The van der Waals surface area contributed by atoms with Crippen molar-refractivity contribution < 1.29 is 14.3 Å². The van der Waals surface area contributed by atoms with Gasteiger partial charge in [-0.05, 0) is 19.6 Å². The summed E-state index contributed by atoms with van der Waals surface area (Å²) in [5, 5.41) is 10.8. The molecule has 0 aliphatic carbocycles. The SMILES string of the molecule is CN(C)/C=N/c1nc2c(nc3n2[C@H]2C[C@H](O[Si](C)(C)C)[C@H](O2)[C@@H]3O)c(=O)[nH]1. The molecule has 4 atom stereocenters. The number of nitrogens with zero attached hydrogens (tertiary/aromatic N) is 5. The predicted octanol–water partition coefficient (Wildman–Crippen LogP) is 0.896. The zero-order valence-corrected chi connectivity index (χ0v) is 17.0. The fourth-order valence-corrected chi connectivity index (χ4v) is 4.67. The average molecular weight is 392 g/mol. The van der Waals surface area contributed by atoms with E-state index in [2.05, 4.69) is 39.6 Å². The van der Waals surface area contributed by atoms with Crippen molar-refractivity contribution in [1.82, 2.24) is 24.4 Å². The first-order chi connectivity index (χ1) is 12.6. The highest BCUT2D eigenvalue weighted by molar-refractivity contribution is 6.69. The van der Waals surface area contributed by atoms with Gasteiger partial charge in [0.05, 0.1) is 12.4 Å². The number of aliphatic imine (C=N–C) groups is 1. The van der Waals surface area contributed by atoms with E-state index < -0.39 is 26.1 Å². The Morgan fingerprint density at radius 2 is 2.15 bits per heavy atom. The number of nitrogens with one attached hydrogen (secondary N) is 1. The summed E-state index contributed by atoms with van der Waals surface area (Å²) >= 11 is 0. The number of aromatic amines is 1. The fraction of sp³-hybridized carbons (Fsp3) is 0.625. The Morgan fingerprint density at radius 1 is 1.41 bits per heavy atom. The first kappa shape index (κ1) is 18.3. The molecule has 0 amide bonds. The number of H-pyrrole nitrogens is 1. The molecule has 0 spiro atoms. The Morgan fingerprint density at radius 3 is 2.81 bits per heavy atom. The molecule has 2 bridgehead atoms. The highest BCUT2D eigenvalue weighted by Gasteiger charge is 2.50. The lowest BCUT2D eigenvalue weighted by Gasteiger charge is -2.30. The van der Waals surface area contributed by atoms with Crippen LogP contribution < -0.4 is 5.56 Å². The van der Waals surface area contributed by atoms with Crippen molar-refractivity contribution in [3.8, 4) is 0 Å². The van der Waals surface area contributed by atoms with Gasteiger partial charge in [-0.3, -0.25) is 14.3 Å². The van der Waals surface area contributed by atoms with Crippen LogP contribution in [0.25, 0.3) is 11.2 Å². The summed E-state index contributed by atoms with van der Waals surface area (Å²) in [6.45, 7) is 6.31. The van der Waals surface area contributed by atoms with Crippen molar-refractivity contribution in [3.63, 3.8) is 0 Å². The van der Waals surface area contributed by atoms with Crippen LogP contribution in [-0.4, -0.2) is 70.5 Å². The van der Waals surface area contributed by atoms with Crippen LogP contribution in [-0.2, 0) is 9.16 Å². The monoisotopic (exact) mass is 392 g/mol. The summed E-state index contributed by atoms with van der Waals surface area (Å²) in [7, 11) is 1.84. The maximum atomic E-state index is 12.4. The second-order valence-electron chi connectivity index (χ2n) is 8.11. The van der Waals surface area contributed by atoms with Crippen LogP contribution in [0.2, 0.25) is 19.6 Å². The molecule has 0 aromatic carbocycles. The van der Waals surface area contributed by atoms with E-state index in [9.17, 15) is 9.90 Å². The maximum absolute atomic E-state index is 12.4. The van der Waals surface area contributed by atoms with Crippen LogP contribution in [0.4, 0.5) is 5.95 Å². The number of aliphatic hydroxyl groups excluding tert-OH is 1. The molecule has 2 aliphatic rings. The van der Waals surface area contributed by atoms with Gasteiger partial charge >= 0.3 is 0 Å². The Hall–Kier alpha value is -2.08. The molecule has 2 aliphatic heterocycles. The van der Waals surface area contributed by atoms with E-state index in [0.717, 1.165) is 0 Å². The van der Waals surface area contributed by atoms with Gasteiger partial charge in [0.25, 0.3) is 5.56 Å². The van der Waals surface area contributed by atoms with E-state index in [4.69, 9.17) is 9.16 Å². The van der Waals surface area contributed by atoms with E-state index in [-0.39, 0.29) is 23.8 Å². The predicted molar refractivity (Wildman–Crippen MR) is 102 cm³/mol. The van der Waals surface area contributed by atoms with Gasteiger partial charge in [0.2, 0.25) is 5.95 Å². The lowest BCUT2D eigenvalue weighted by molar-refractivity contribution is -0.108. The topological polar surface area (TPSA) is 118 Å². The second-order valence-corrected chi connectivity index (χ2v) is 12.6. The minimum Gasteiger partial charge on any atom is -0.412 e. The van der Waals surface area contributed by atoms with E-state index in [1.54, 1.807) is 15.8 Å². The second kappa shape index (κ2) is 6.23. The summed E-state index contributed by atoms with van der Waals surface area (Å²) in [5.74, 6) is 0.563. The van der Waals surface area contributed by atoms with Crippen LogP contribution in [0, 0.1) is 0 Å². The Bertz CT molecular complexity index is 962. The molecule has 11 heteroatoms. The summed E-state index contributed by atoms with van der Waals surface area (Å²) in [6, 6.07) is 0. The number of fused-ring (bicyclic) bond motifs is 6. The third kappa shape index (κ3) is 3.20. The van der Waals surface area contributed by atoms with Crippen molar-refractivity contribution in [2.24, 2.45) is 4.99 Å². The van der Waals surface area contributed by atoms with Crippen LogP contribution >= 0.6 is 0 Å². The molecule has 146 valence electrons. The standard InChI is InChI=1S/C16H24N6O4Si/c1-21(2)7-17-16-19-13-10(15(24)20-16)18-14-11(23)12-8(26-27(3,4)5)6-9(25-12)22(13)14/h7-9,11-12,23H,6H2,1-5H3,(H,19,20,24)/b17-7+/t8-,9+,11-,12-/m0/s1. The van der Waals surface area contributed by atoms with Crippen molar-refractivity contribution in [2.75, 3.05) is 14.1 Å². The van der Waals surface area contributed by atoms with E-state index >= 15 is 0 Å². The van der Waals surface area contributed by atoms with Gasteiger partial charge in [-0.15, -0.1) is 0 Å². The Balaban J connectivity index is 1.78. The van der Waals surface area contributed by atoms with Gasteiger partial charge in [-0.25, -0.2) is 9.98 Å². The van der Waals surface area contributed by atoms with Crippen molar-refractivity contribution in [2.45, 2.75) is 50.6 Å². The summed E-state index contributed by atoms with van der Waals surface area (Å²) < 4.78 is 13.9. The molecular weight excluding hydrogens is 368 g/mol. The highest BCUT2D eigenvalue weighted by Crippen LogP contribution is 2.44. The van der Waals surface area contributed by atoms with Crippen LogP contribution in [0.15, 0.2) is 9.79 Å². The van der Waals surface area contributed by atoms with Gasteiger partial charge in [-0.2, -0.15) is 4.98 Å². The highest BCUT2D eigenvalue weighted by atomic mass is 28.4. The number of aromatic nitrogens is 4. The summed E-state index contributed by atoms with van der Waals surface area (Å²) in [6.07, 6.45) is 0.0758. The minimum atomic E-state index is -1.80. The summed E-state index contributed by atoms with van der Waals surface area (Å²) in [4.78, 5) is 29.7. The van der Waals surface area contributed by atoms with Gasteiger partial charge in [-0.1, -0.05) is 0 Å². The van der Waals surface area contributed by atoms with Crippen LogP contribution in [0.1, 0.15) is 24.6 Å². The fourth-order valence-electron chi connectivity index (χ4n) is 3.53. The Labute approximate surface area is 157 Å². The Kier molecular flexibility index (Phi) is 4.22. The average Bonchev–Trinajstić information content (AvgIpc) is 3.10. The van der Waals surface area contributed by atoms with Gasteiger partial charge in [0, 0.05) is 20.5 Å². The number of rotatable bonds is 4. The first-order valence-corrected chi connectivity index (χ1v) is 12.3. The third-order valence-electron chi connectivity index (χ3n) is 4.46. The molecule has 10 nitrogen and oxygen atoms in total. The van der Waals surface area contributed by atoms with Crippen molar-refractivity contribution in [1.29, 1.82) is 0 Å². The lowest BCUT2D eigenvalue weighted by Crippen LogP contribution is -2.40. The first-order valence-electron chi connectivity index (χ1n) is 8.88. The molecule has 1 saturated heterocycles. The number of ether oxygens (including phenoxy) is 1. The zero-order chi connectivity index (χ0) is 19.5. The van der Waals surface area contributed by atoms with Crippen molar-refractivity contribution >= 4 is 31.8 Å². The van der Waals surface area contributed by atoms with E-state index in [1.807, 2.05) is 14.1 Å². The molecule has 4 heterocycles. The number of imidazole rings is 1. The summed E-state index contributed by atoms with van der Waals surface area (Å²) in [5.41, 5.74) is 0.133. The number of hydrogen-bond donors (Lipinski definition) is 2. The molecule has 0 radical (unpaired) electrons. The third-order valence-corrected chi connectivity index (χ3v) is 5.47.